The molecule has 0 spiro atoms. The Morgan fingerprint density at radius 1 is 1.23 bits per heavy atom. The highest BCUT2D eigenvalue weighted by atomic mass is 35.5. The van der Waals surface area contributed by atoms with Gasteiger partial charge in [0.2, 0.25) is 0 Å². The highest BCUT2D eigenvalue weighted by Gasteiger charge is 2.35. The van der Waals surface area contributed by atoms with E-state index in [-0.39, 0.29) is 17.1 Å². The highest BCUT2D eigenvalue weighted by molar-refractivity contribution is 6.29. The number of benzene rings is 1. The zero-order valence-electron chi connectivity index (χ0n) is 17.6. The molecule has 0 saturated carbocycles. The number of nitrogens with zero attached hydrogens (tertiary/aromatic N) is 5. The van der Waals surface area contributed by atoms with Gasteiger partial charge in [0.05, 0.1) is 25.4 Å². The Kier molecular flexibility index (Phi) is 5.54. The number of ether oxygens (including phenoxy) is 2. The number of halogens is 2. The summed E-state index contributed by atoms with van der Waals surface area (Å²) in [5.41, 5.74) is 2.96. The molecule has 0 radical (unpaired) electrons. The third kappa shape index (κ3) is 3.88. The van der Waals surface area contributed by atoms with Gasteiger partial charge in [0, 0.05) is 36.6 Å². The second-order valence-corrected chi connectivity index (χ2v) is 8.67. The quantitative estimate of drug-likeness (QED) is 0.570. The van der Waals surface area contributed by atoms with Crippen LogP contribution < -0.4 is 4.74 Å². The number of hydrogen-bond donors (Lipinski definition) is 0. The zero-order chi connectivity index (χ0) is 21.5. The van der Waals surface area contributed by atoms with Crippen LogP contribution in [0.5, 0.6) is 6.01 Å². The normalized spacial score (nSPS) is 24.7. The van der Waals surface area contributed by atoms with E-state index < -0.39 is 6.17 Å². The van der Waals surface area contributed by atoms with Crippen LogP contribution in [-0.4, -0.2) is 70.3 Å². The molecular formula is C22H25ClFN5O2. The third-order valence-corrected chi connectivity index (χ3v) is 6.60. The number of likely N-dealkylation sites (tertiary alicyclic amines) is 1. The Morgan fingerprint density at radius 3 is 2.84 bits per heavy atom. The van der Waals surface area contributed by atoms with Crippen molar-refractivity contribution in [1.82, 2.24) is 24.6 Å². The van der Waals surface area contributed by atoms with E-state index in [1.165, 1.54) is 7.11 Å². The predicted octanol–water partition coefficient (Wildman–Crippen LogP) is 3.70. The average molecular weight is 446 g/mol. The molecule has 0 amide bonds. The van der Waals surface area contributed by atoms with Crippen LogP contribution in [-0.2, 0) is 4.74 Å². The van der Waals surface area contributed by atoms with Gasteiger partial charge in [-0.2, -0.15) is 15.1 Å². The minimum Gasteiger partial charge on any atom is -0.467 e. The van der Waals surface area contributed by atoms with Crippen molar-refractivity contribution >= 4 is 22.5 Å². The van der Waals surface area contributed by atoms with Gasteiger partial charge in [-0.1, -0.05) is 11.6 Å². The number of alkyl halides is 1. The molecule has 4 heterocycles. The summed E-state index contributed by atoms with van der Waals surface area (Å²) in [6.45, 7) is 4.87. The largest absolute Gasteiger partial charge is 0.467 e. The molecule has 9 heteroatoms. The van der Waals surface area contributed by atoms with Gasteiger partial charge in [-0.25, -0.2) is 9.07 Å². The monoisotopic (exact) mass is 445 g/mol. The van der Waals surface area contributed by atoms with Crippen molar-refractivity contribution in [3.05, 3.63) is 40.7 Å². The fraction of sp³-hybridized carbons (Fsp3) is 0.500. The maximum absolute atomic E-state index is 15.4. The van der Waals surface area contributed by atoms with E-state index in [1.807, 2.05) is 13.0 Å². The van der Waals surface area contributed by atoms with Crippen molar-refractivity contribution in [2.45, 2.75) is 37.9 Å². The molecule has 2 aliphatic heterocycles. The number of aryl methyl sites for hydroxylation is 1. The van der Waals surface area contributed by atoms with Gasteiger partial charge in [0.1, 0.15) is 11.3 Å². The first-order valence-corrected chi connectivity index (χ1v) is 10.9. The lowest BCUT2D eigenvalue weighted by Crippen LogP contribution is -2.46. The maximum Gasteiger partial charge on any atom is 0.319 e. The van der Waals surface area contributed by atoms with Crippen LogP contribution in [0.2, 0.25) is 5.15 Å². The first kappa shape index (κ1) is 20.6. The fourth-order valence-electron chi connectivity index (χ4n) is 4.79. The summed E-state index contributed by atoms with van der Waals surface area (Å²) in [4.78, 5) is 10.6. The van der Waals surface area contributed by atoms with Gasteiger partial charge in [0.15, 0.2) is 5.82 Å². The van der Waals surface area contributed by atoms with E-state index in [4.69, 9.17) is 21.1 Å². The minimum atomic E-state index is -0.921. The molecule has 2 fully saturated rings. The van der Waals surface area contributed by atoms with Gasteiger partial charge in [-0.3, -0.25) is 4.90 Å². The number of rotatable bonds is 4. The smallest absolute Gasteiger partial charge is 0.319 e. The first-order valence-electron chi connectivity index (χ1n) is 10.6. The van der Waals surface area contributed by atoms with Crippen LogP contribution >= 0.6 is 11.6 Å². The van der Waals surface area contributed by atoms with E-state index in [9.17, 15) is 0 Å². The molecule has 2 saturated heterocycles. The Hall–Kier alpha value is -2.29. The molecule has 0 bridgehead atoms. The highest BCUT2D eigenvalue weighted by Crippen LogP contribution is 2.36. The molecule has 2 aliphatic rings. The van der Waals surface area contributed by atoms with Gasteiger partial charge >= 0.3 is 6.01 Å². The van der Waals surface area contributed by atoms with E-state index in [2.05, 4.69) is 26.0 Å². The van der Waals surface area contributed by atoms with Crippen molar-refractivity contribution in [2.24, 2.45) is 0 Å². The fourth-order valence-corrected chi connectivity index (χ4v) is 4.96. The molecule has 31 heavy (non-hydrogen) atoms. The predicted molar refractivity (Wildman–Crippen MR) is 116 cm³/mol. The minimum absolute atomic E-state index is 0.144. The summed E-state index contributed by atoms with van der Waals surface area (Å²) >= 11 is 6.13. The molecule has 3 aromatic rings. The molecule has 1 aromatic carbocycles. The second-order valence-electron chi connectivity index (χ2n) is 8.28. The van der Waals surface area contributed by atoms with Gasteiger partial charge in [-0.15, -0.1) is 0 Å². The third-order valence-electron chi connectivity index (χ3n) is 6.41. The Labute approximate surface area is 185 Å². The van der Waals surface area contributed by atoms with Crippen LogP contribution in [0.4, 0.5) is 4.39 Å². The lowest BCUT2D eigenvalue weighted by atomic mass is 9.84. The van der Waals surface area contributed by atoms with Crippen LogP contribution in [0.25, 0.3) is 16.7 Å². The summed E-state index contributed by atoms with van der Waals surface area (Å²) in [5.74, 6) is 0.365. The molecule has 0 N–H and O–H groups in total. The van der Waals surface area contributed by atoms with Crippen molar-refractivity contribution in [3.63, 3.8) is 0 Å². The molecule has 3 atom stereocenters. The summed E-state index contributed by atoms with van der Waals surface area (Å²) in [5, 5.41) is 5.72. The van der Waals surface area contributed by atoms with Crippen LogP contribution in [0.1, 0.15) is 29.9 Å². The summed E-state index contributed by atoms with van der Waals surface area (Å²) in [6.07, 6.45) is 2.64. The van der Waals surface area contributed by atoms with Gasteiger partial charge in [0.25, 0.3) is 0 Å². The van der Waals surface area contributed by atoms with Gasteiger partial charge in [-0.05, 0) is 49.6 Å². The summed E-state index contributed by atoms with van der Waals surface area (Å²) in [7, 11) is 1.49. The van der Waals surface area contributed by atoms with E-state index in [1.54, 1.807) is 16.9 Å². The molecule has 3 unspecified atom stereocenters. The number of fused-ring (bicyclic) bond motifs is 1. The van der Waals surface area contributed by atoms with Crippen molar-refractivity contribution in [3.8, 4) is 11.8 Å². The standard InChI is InChI=1S/C22H25ClFN5O2/c1-13-7-14-10-25-29(21-9-20(23)26-22(27-21)30-2)19(14)8-17(13)16-3-5-28(11-18(16)24)15-4-6-31-12-15/h7-10,15-16,18H,3-6,11-12H2,1-2H3. The Balaban J connectivity index is 1.48. The SMILES string of the molecule is COc1nc(Cl)cc(-n2ncc3cc(C)c(C4CCN(C5CCOC5)CC4F)cc32)n1. The van der Waals surface area contributed by atoms with E-state index in [0.29, 0.717) is 25.0 Å². The lowest BCUT2D eigenvalue weighted by molar-refractivity contribution is 0.0728. The molecule has 7 nitrogen and oxygen atoms in total. The number of hydrogen-bond acceptors (Lipinski definition) is 6. The average Bonchev–Trinajstić information content (AvgIpc) is 3.43. The number of piperidine rings is 1. The number of aromatic nitrogens is 4. The van der Waals surface area contributed by atoms with Gasteiger partial charge < -0.3 is 9.47 Å². The summed E-state index contributed by atoms with van der Waals surface area (Å²) in [6, 6.07) is 6.27. The number of methoxy groups -OCH3 is 1. The molecule has 0 aliphatic carbocycles. The van der Waals surface area contributed by atoms with E-state index >= 15 is 4.39 Å². The first-order chi connectivity index (χ1) is 15.0. The topological polar surface area (TPSA) is 65.3 Å². The second kappa shape index (κ2) is 8.33. The van der Waals surface area contributed by atoms with Crippen LogP contribution in [0.15, 0.2) is 24.4 Å². The van der Waals surface area contributed by atoms with Crippen LogP contribution in [0, 0.1) is 6.92 Å². The molecule has 5 rings (SSSR count). The van der Waals surface area contributed by atoms with E-state index in [0.717, 1.165) is 48.0 Å². The van der Waals surface area contributed by atoms with Crippen molar-refractivity contribution < 1.29 is 13.9 Å². The Morgan fingerprint density at radius 2 is 2.10 bits per heavy atom. The molecule has 164 valence electrons. The molecular weight excluding hydrogens is 421 g/mol. The summed E-state index contributed by atoms with van der Waals surface area (Å²) < 4.78 is 27.7. The Bertz CT molecular complexity index is 1100. The van der Waals surface area contributed by atoms with Crippen molar-refractivity contribution in [1.29, 1.82) is 0 Å². The van der Waals surface area contributed by atoms with Crippen molar-refractivity contribution in [2.75, 3.05) is 33.4 Å². The lowest BCUT2D eigenvalue weighted by Gasteiger charge is -2.38. The zero-order valence-corrected chi connectivity index (χ0v) is 18.3. The van der Waals surface area contributed by atoms with Crippen LogP contribution in [0.3, 0.4) is 0 Å². The molecule has 2 aromatic heterocycles. The maximum atomic E-state index is 15.4.